The number of anilines is 1. The Balaban J connectivity index is 1.69. The van der Waals surface area contributed by atoms with Crippen molar-refractivity contribution in [2.75, 3.05) is 44.7 Å². The molecule has 0 spiro atoms. The van der Waals surface area contributed by atoms with Gasteiger partial charge in [-0.15, -0.1) is 0 Å². The zero-order valence-electron chi connectivity index (χ0n) is 16.5. The molecule has 0 saturated carbocycles. The predicted molar refractivity (Wildman–Crippen MR) is 104 cm³/mol. The molecule has 4 heterocycles. The molecule has 2 saturated heterocycles. The summed E-state index contributed by atoms with van der Waals surface area (Å²) >= 11 is 0. The van der Waals surface area contributed by atoms with Gasteiger partial charge in [-0.2, -0.15) is 0 Å². The summed E-state index contributed by atoms with van der Waals surface area (Å²) in [5.41, 5.74) is 2.23. The Morgan fingerprint density at radius 2 is 1.89 bits per heavy atom. The van der Waals surface area contributed by atoms with E-state index in [9.17, 15) is 9.90 Å². The van der Waals surface area contributed by atoms with Gasteiger partial charge in [0, 0.05) is 51.0 Å². The SMILES string of the molecule is CC(=O)N1CCc2nc(C3CCCN(C)C3)nc(N3CCC(O)CC3)c2C1. The molecule has 1 atom stereocenters. The van der Waals surface area contributed by atoms with Crippen LogP contribution < -0.4 is 4.90 Å². The van der Waals surface area contributed by atoms with E-state index in [4.69, 9.17) is 9.97 Å². The van der Waals surface area contributed by atoms with Crippen LogP contribution in [0.25, 0.3) is 0 Å². The zero-order chi connectivity index (χ0) is 19.0. The van der Waals surface area contributed by atoms with E-state index >= 15 is 0 Å². The molecule has 1 amide bonds. The molecule has 1 unspecified atom stereocenters. The van der Waals surface area contributed by atoms with E-state index < -0.39 is 0 Å². The summed E-state index contributed by atoms with van der Waals surface area (Å²) in [6.45, 7) is 6.76. The molecule has 0 bridgehead atoms. The van der Waals surface area contributed by atoms with Crippen LogP contribution in [0.5, 0.6) is 0 Å². The van der Waals surface area contributed by atoms with Gasteiger partial charge in [0.25, 0.3) is 0 Å². The molecular formula is C20H31N5O2. The second kappa shape index (κ2) is 7.72. The third-order valence-corrected chi connectivity index (χ3v) is 6.25. The van der Waals surface area contributed by atoms with E-state index in [0.717, 1.165) is 81.3 Å². The lowest BCUT2D eigenvalue weighted by atomic mass is 9.96. The third kappa shape index (κ3) is 3.94. The van der Waals surface area contributed by atoms with Crippen LogP contribution in [0, 0.1) is 0 Å². The van der Waals surface area contributed by atoms with Crippen LogP contribution in [-0.2, 0) is 17.8 Å². The molecule has 3 aliphatic heterocycles. The van der Waals surface area contributed by atoms with E-state index in [-0.39, 0.29) is 12.0 Å². The van der Waals surface area contributed by atoms with Crippen LogP contribution >= 0.6 is 0 Å². The Bertz CT molecular complexity index is 702. The molecule has 7 nitrogen and oxygen atoms in total. The highest BCUT2D eigenvalue weighted by atomic mass is 16.3. The van der Waals surface area contributed by atoms with Gasteiger partial charge in [-0.3, -0.25) is 4.79 Å². The molecule has 27 heavy (non-hydrogen) atoms. The van der Waals surface area contributed by atoms with E-state index in [1.807, 2.05) is 4.90 Å². The normalized spacial score (nSPS) is 24.8. The topological polar surface area (TPSA) is 72.8 Å². The van der Waals surface area contributed by atoms with Crippen molar-refractivity contribution in [1.29, 1.82) is 0 Å². The fourth-order valence-electron chi connectivity index (χ4n) is 4.58. The van der Waals surface area contributed by atoms with Crippen LogP contribution in [0.3, 0.4) is 0 Å². The molecule has 2 fully saturated rings. The number of hydrogen-bond acceptors (Lipinski definition) is 6. The number of fused-ring (bicyclic) bond motifs is 1. The quantitative estimate of drug-likeness (QED) is 0.839. The maximum atomic E-state index is 11.9. The first-order valence-electron chi connectivity index (χ1n) is 10.3. The minimum absolute atomic E-state index is 0.110. The van der Waals surface area contributed by atoms with Crippen molar-refractivity contribution < 1.29 is 9.90 Å². The van der Waals surface area contributed by atoms with Crippen LogP contribution in [0.1, 0.15) is 55.6 Å². The molecule has 7 heteroatoms. The molecule has 0 aromatic carbocycles. The fourth-order valence-corrected chi connectivity index (χ4v) is 4.58. The number of likely N-dealkylation sites (tertiary alicyclic amines) is 1. The summed E-state index contributed by atoms with van der Waals surface area (Å²) in [5.74, 6) is 2.46. The molecule has 1 N–H and O–H groups in total. The predicted octanol–water partition coefficient (Wildman–Crippen LogP) is 1.15. The van der Waals surface area contributed by atoms with Gasteiger partial charge in [0.1, 0.15) is 11.6 Å². The van der Waals surface area contributed by atoms with Crippen molar-refractivity contribution >= 4 is 11.7 Å². The Labute approximate surface area is 161 Å². The van der Waals surface area contributed by atoms with Gasteiger partial charge in [-0.05, 0) is 39.3 Å². The van der Waals surface area contributed by atoms with E-state index in [1.165, 1.54) is 6.42 Å². The number of nitrogens with zero attached hydrogens (tertiary/aromatic N) is 5. The van der Waals surface area contributed by atoms with Crippen molar-refractivity contribution in [3.8, 4) is 0 Å². The summed E-state index contributed by atoms with van der Waals surface area (Å²) in [7, 11) is 2.17. The first kappa shape index (κ1) is 18.6. The first-order valence-corrected chi connectivity index (χ1v) is 10.3. The number of rotatable bonds is 2. The highest BCUT2D eigenvalue weighted by Gasteiger charge is 2.30. The lowest BCUT2D eigenvalue weighted by Gasteiger charge is -2.36. The second-order valence-corrected chi connectivity index (χ2v) is 8.34. The average molecular weight is 374 g/mol. The summed E-state index contributed by atoms with van der Waals surface area (Å²) in [5, 5.41) is 9.90. The first-order chi connectivity index (χ1) is 13.0. The van der Waals surface area contributed by atoms with Crippen molar-refractivity contribution in [2.45, 2.75) is 57.6 Å². The van der Waals surface area contributed by atoms with Gasteiger partial charge in [0.15, 0.2) is 0 Å². The van der Waals surface area contributed by atoms with Crippen molar-refractivity contribution in [3.63, 3.8) is 0 Å². The Morgan fingerprint density at radius 3 is 2.59 bits per heavy atom. The fraction of sp³-hybridized carbons (Fsp3) is 0.750. The molecular weight excluding hydrogens is 342 g/mol. The number of aromatic nitrogens is 2. The number of aliphatic hydroxyl groups excluding tert-OH is 1. The van der Waals surface area contributed by atoms with Gasteiger partial charge in [0.2, 0.25) is 5.91 Å². The monoisotopic (exact) mass is 373 g/mol. The minimum Gasteiger partial charge on any atom is -0.393 e. The Hall–Kier alpha value is -1.73. The molecule has 0 aliphatic carbocycles. The summed E-state index contributed by atoms with van der Waals surface area (Å²) in [6, 6.07) is 0. The molecule has 148 valence electrons. The molecule has 1 aromatic rings. The molecule has 4 rings (SSSR count). The minimum atomic E-state index is -0.209. The zero-order valence-corrected chi connectivity index (χ0v) is 16.5. The number of piperidine rings is 2. The smallest absolute Gasteiger partial charge is 0.219 e. The number of amides is 1. The Kier molecular flexibility index (Phi) is 5.32. The maximum absolute atomic E-state index is 11.9. The van der Waals surface area contributed by atoms with Crippen LogP contribution in [-0.4, -0.2) is 76.7 Å². The van der Waals surface area contributed by atoms with Gasteiger partial charge in [-0.25, -0.2) is 9.97 Å². The number of hydrogen-bond donors (Lipinski definition) is 1. The van der Waals surface area contributed by atoms with E-state index in [2.05, 4.69) is 16.8 Å². The molecule has 1 aromatic heterocycles. The largest absolute Gasteiger partial charge is 0.393 e. The van der Waals surface area contributed by atoms with Crippen LogP contribution in [0.2, 0.25) is 0 Å². The standard InChI is InChI=1S/C20H31N5O2/c1-14(26)25-11-7-18-17(13-25)20(24-9-5-16(27)6-10-24)22-19(21-18)15-4-3-8-23(2)12-15/h15-16,27H,3-13H2,1-2H3. The van der Waals surface area contributed by atoms with E-state index in [0.29, 0.717) is 12.5 Å². The molecule has 0 radical (unpaired) electrons. The number of aliphatic hydroxyl groups is 1. The number of carbonyl (C=O) groups is 1. The number of carbonyl (C=O) groups excluding carboxylic acids is 1. The van der Waals surface area contributed by atoms with E-state index in [1.54, 1.807) is 6.92 Å². The highest BCUT2D eigenvalue weighted by molar-refractivity contribution is 5.74. The lowest BCUT2D eigenvalue weighted by Crippen LogP contribution is -2.41. The number of likely N-dealkylation sites (N-methyl/N-ethyl adjacent to an activating group) is 1. The van der Waals surface area contributed by atoms with Crippen molar-refractivity contribution in [2.24, 2.45) is 0 Å². The average Bonchev–Trinajstić information content (AvgIpc) is 2.67. The summed E-state index contributed by atoms with van der Waals surface area (Å²) < 4.78 is 0. The van der Waals surface area contributed by atoms with Gasteiger partial charge in [-0.1, -0.05) is 0 Å². The van der Waals surface area contributed by atoms with Crippen molar-refractivity contribution in [1.82, 2.24) is 19.8 Å². The highest BCUT2D eigenvalue weighted by Crippen LogP contribution is 2.32. The van der Waals surface area contributed by atoms with Gasteiger partial charge < -0.3 is 19.8 Å². The maximum Gasteiger partial charge on any atom is 0.219 e. The van der Waals surface area contributed by atoms with Crippen LogP contribution in [0.4, 0.5) is 5.82 Å². The Morgan fingerprint density at radius 1 is 1.11 bits per heavy atom. The van der Waals surface area contributed by atoms with Crippen molar-refractivity contribution in [3.05, 3.63) is 17.1 Å². The van der Waals surface area contributed by atoms with Gasteiger partial charge in [0.05, 0.1) is 18.3 Å². The summed E-state index contributed by atoms with van der Waals surface area (Å²) in [4.78, 5) is 28.5. The van der Waals surface area contributed by atoms with Gasteiger partial charge >= 0.3 is 0 Å². The third-order valence-electron chi connectivity index (χ3n) is 6.25. The summed E-state index contributed by atoms with van der Waals surface area (Å²) in [6.07, 6.45) is 4.47. The molecule has 3 aliphatic rings. The second-order valence-electron chi connectivity index (χ2n) is 8.34. The van der Waals surface area contributed by atoms with Crippen LogP contribution in [0.15, 0.2) is 0 Å². The lowest BCUT2D eigenvalue weighted by molar-refractivity contribution is -0.129.